The van der Waals surface area contributed by atoms with Crippen molar-refractivity contribution in [1.82, 2.24) is 4.90 Å². The van der Waals surface area contributed by atoms with Crippen LogP contribution in [0.15, 0.2) is 18.2 Å². The molecule has 1 aliphatic heterocycles. The molecule has 1 saturated carbocycles. The van der Waals surface area contributed by atoms with E-state index >= 15 is 0 Å². The fraction of sp³-hybridized carbons (Fsp3) is 0.500. The number of hydrogen-bond donors (Lipinski definition) is 1. The smallest absolute Gasteiger partial charge is 0.254 e. The summed E-state index contributed by atoms with van der Waals surface area (Å²) in [5.41, 5.74) is 7.09. The topological polar surface area (TPSA) is 64.8 Å². The Morgan fingerprint density at radius 2 is 2.05 bits per heavy atom. The summed E-state index contributed by atoms with van der Waals surface area (Å²) in [5, 5.41) is 0. The van der Waals surface area contributed by atoms with Crippen LogP contribution in [0.4, 0.5) is 5.69 Å². The van der Waals surface area contributed by atoms with E-state index in [2.05, 4.69) is 0 Å². The van der Waals surface area contributed by atoms with Crippen molar-refractivity contribution in [2.75, 3.05) is 32.0 Å². The third-order valence-electron chi connectivity index (χ3n) is 3.38. The number of carbonyl (C=O) groups excluding carboxylic acids is 1. The molecule has 0 unspecified atom stereocenters. The maximum atomic E-state index is 12.3. The Morgan fingerprint density at radius 3 is 2.74 bits per heavy atom. The zero-order chi connectivity index (χ0) is 13.2. The summed E-state index contributed by atoms with van der Waals surface area (Å²) in [6, 6.07) is 5.25. The maximum absolute atomic E-state index is 12.3. The molecular formula is C14H18N2O3. The Kier molecular flexibility index (Phi) is 3.29. The first-order valence-electron chi connectivity index (χ1n) is 6.67. The van der Waals surface area contributed by atoms with Crippen molar-refractivity contribution >= 4 is 11.6 Å². The number of ether oxygens (including phenoxy) is 2. The lowest BCUT2D eigenvalue weighted by Crippen LogP contribution is -2.40. The molecular weight excluding hydrogens is 244 g/mol. The van der Waals surface area contributed by atoms with Gasteiger partial charge in [-0.25, -0.2) is 0 Å². The van der Waals surface area contributed by atoms with Gasteiger partial charge >= 0.3 is 0 Å². The average Bonchev–Trinajstić information content (AvgIpc) is 3.25. The van der Waals surface area contributed by atoms with Gasteiger partial charge in [0.05, 0.1) is 25.0 Å². The summed E-state index contributed by atoms with van der Waals surface area (Å²) < 4.78 is 11.0. The number of amides is 1. The van der Waals surface area contributed by atoms with Crippen molar-refractivity contribution < 1.29 is 14.3 Å². The van der Waals surface area contributed by atoms with E-state index in [0.717, 1.165) is 12.8 Å². The van der Waals surface area contributed by atoms with Crippen LogP contribution < -0.4 is 10.5 Å². The normalized spacial score (nSPS) is 19.3. The summed E-state index contributed by atoms with van der Waals surface area (Å²) in [5.74, 6) is 0.644. The van der Waals surface area contributed by atoms with Gasteiger partial charge in [-0.3, -0.25) is 4.79 Å². The van der Waals surface area contributed by atoms with E-state index in [4.69, 9.17) is 15.2 Å². The predicted molar refractivity (Wildman–Crippen MR) is 71.2 cm³/mol. The van der Waals surface area contributed by atoms with Gasteiger partial charge in [-0.15, -0.1) is 0 Å². The summed E-state index contributed by atoms with van der Waals surface area (Å²) in [6.45, 7) is 2.49. The summed E-state index contributed by atoms with van der Waals surface area (Å²) >= 11 is 0. The van der Waals surface area contributed by atoms with Crippen molar-refractivity contribution in [2.24, 2.45) is 0 Å². The number of nitrogens with two attached hydrogens (primary N) is 1. The van der Waals surface area contributed by atoms with Gasteiger partial charge in [0, 0.05) is 18.7 Å². The highest BCUT2D eigenvalue weighted by Gasteiger charge is 2.25. The second-order valence-corrected chi connectivity index (χ2v) is 4.97. The van der Waals surface area contributed by atoms with E-state index < -0.39 is 0 Å². The van der Waals surface area contributed by atoms with E-state index in [-0.39, 0.29) is 12.0 Å². The monoisotopic (exact) mass is 262 g/mol. The first-order chi connectivity index (χ1) is 9.24. The van der Waals surface area contributed by atoms with Crippen molar-refractivity contribution in [3.63, 3.8) is 0 Å². The first kappa shape index (κ1) is 12.3. The van der Waals surface area contributed by atoms with Gasteiger partial charge in [0.15, 0.2) is 0 Å². The molecule has 2 aliphatic rings. The standard InChI is InChI=1S/C14H18N2O3/c15-12-4-1-10(9-13(12)19-11-2-3-11)14(17)16-5-7-18-8-6-16/h1,4,9,11H,2-3,5-8,15H2. The molecule has 0 aromatic heterocycles. The van der Waals surface area contributed by atoms with Gasteiger partial charge in [0.1, 0.15) is 5.75 Å². The Bertz CT molecular complexity index is 480. The van der Waals surface area contributed by atoms with Crippen LogP contribution >= 0.6 is 0 Å². The minimum atomic E-state index is 0.0175. The second-order valence-electron chi connectivity index (χ2n) is 4.97. The molecule has 1 heterocycles. The quantitative estimate of drug-likeness (QED) is 0.833. The zero-order valence-electron chi connectivity index (χ0n) is 10.8. The van der Waals surface area contributed by atoms with Crippen LogP contribution in [0, 0.1) is 0 Å². The SMILES string of the molecule is Nc1ccc(C(=O)N2CCOCC2)cc1OC1CC1. The fourth-order valence-electron chi connectivity index (χ4n) is 2.08. The number of anilines is 1. The molecule has 1 amide bonds. The van der Waals surface area contributed by atoms with Crippen molar-refractivity contribution in [3.8, 4) is 5.75 Å². The van der Waals surface area contributed by atoms with E-state index in [1.807, 2.05) is 0 Å². The van der Waals surface area contributed by atoms with Gasteiger partial charge in [0.2, 0.25) is 0 Å². The van der Waals surface area contributed by atoms with Crippen LogP contribution in [0.2, 0.25) is 0 Å². The van der Waals surface area contributed by atoms with Gasteiger partial charge in [-0.2, -0.15) is 0 Å². The lowest BCUT2D eigenvalue weighted by Gasteiger charge is -2.27. The minimum absolute atomic E-state index is 0.0175. The summed E-state index contributed by atoms with van der Waals surface area (Å²) in [7, 11) is 0. The van der Waals surface area contributed by atoms with Crippen LogP contribution in [0.5, 0.6) is 5.75 Å². The van der Waals surface area contributed by atoms with E-state index in [1.54, 1.807) is 23.1 Å². The number of rotatable bonds is 3. The van der Waals surface area contributed by atoms with Crippen molar-refractivity contribution in [2.45, 2.75) is 18.9 Å². The molecule has 0 radical (unpaired) electrons. The highest BCUT2D eigenvalue weighted by molar-refractivity contribution is 5.95. The number of morpholine rings is 1. The molecule has 5 nitrogen and oxygen atoms in total. The lowest BCUT2D eigenvalue weighted by molar-refractivity contribution is 0.0302. The number of nitrogen functional groups attached to an aromatic ring is 1. The molecule has 102 valence electrons. The molecule has 0 spiro atoms. The molecule has 5 heteroatoms. The molecule has 3 rings (SSSR count). The van der Waals surface area contributed by atoms with E-state index in [9.17, 15) is 4.79 Å². The maximum Gasteiger partial charge on any atom is 0.254 e. The lowest BCUT2D eigenvalue weighted by atomic mass is 10.1. The molecule has 1 aromatic carbocycles. The van der Waals surface area contributed by atoms with E-state index in [0.29, 0.717) is 43.3 Å². The Hall–Kier alpha value is -1.75. The number of hydrogen-bond acceptors (Lipinski definition) is 4. The summed E-state index contributed by atoms with van der Waals surface area (Å²) in [6.07, 6.45) is 2.42. The Balaban J connectivity index is 1.77. The van der Waals surface area contributed by atoms with Gasteiger partial charge in [-0.05, 0) is 31.0 Å². The van der Waals surface area contributed by atoms with Crippen LogP contribution in [-0.2, 0) is 4.74 Å². The highest BCUT2D eigenvalue weighted by Crippen LogP contribution is 2.31. The Morgan fingerprint density at radius 1 is 1.32 bits per heavy atom. The largest absolute Gasteiger partial charge is 0.488 e. The molecule has 2 N–H and O–H groups in total. The zero-order valence-corrected chi connectivity index (χ0v) is 10.8. The third kappa shape index (κ3) is 2.81. The average molecular weight is 262 g/mol. The first-order valence-corrected chi connectivity index (χ1v) is 6.67. The third-order valence-corrected chi connectivity index (χ3v) is 3.38. The van der Waals surface area contributed by atoms with Crippen LogP contribution in [-0.4, -0.2) is 43.2 Å². The molecule has 2 fully saturated rings. The van der Waals surface area contributed by atoms with Gasteiger partial charge < -0.3 is 20.1 Å². The molecule has 19 heavy (non-hydrogen) atoms. The summed E-state index contributed by atoms with van der Waals surface area (Å²) in [4.78, 5) is 14.1. The fourth-order valence-corrected chi connectivity index (χ4v) is 2.08. The highest BCUT2D eigenvalue weighted by atomic mass is 16.5. The molecule has 1 aliphatic carbocycles. The van der Waals surface area contributed by atoms with Crippen LogP contribution in [0.1, 0.15) is 23.2 Å². The van der Waals surface area contributed by atoms with Crippen molar-refractivity contribution in [1.29, 1.82) is 0 Å². The van der Waals surface area contributed by atoms with Gasteiger partial charge in [0.25, 0.3) is 5.91 Å². The molecule has 0 atom stereocenters. The number of carbonyl (C=O) groups is 1. The number of benzene rings is 1. The van der Waals surface area contributed by atoms with Crippen LogP contribution in [0.3, 0.4) is 0 Å². The Labute approximate surface area is 112 Å². The second kappa shape index (κ2) is 5.09. The molecule has 1 saturated heterocycles. The van der Waals surface area contributed by atoms with Crippen LogP contribution in [0.25, 0.3) is 0 Å². The number of nitrogens with zero attached hydrogens (tertiary/aromatic N) is 1. The van der Waals surface area contributed by atoms with Gasteiger partial charge in [-0.1, -0.05) is 0 Å². The van der Waals surface area contributed by atoms with Crippen molar-refractivity contribution in [3.05, 3.63) is 23.8 Å². The molecule has 0 bridgehead atoms. The minimum Gasteiger partial charge on any atom is -0.488 e. The van der Waals surface area contributed by atoms with E-state index in [1.165, 1.54) is 0 Å². The predicted octanol–water partition coefficient (Wildman–Crippen LogP) is 1.28. The molecule has 1 aromatic rings.